The standard InChI is InChI=1S/C14H26N4/c1-16(2)9-6-13-5-4-8-18(11-13)12-14-15-7-10-17(14)3/h7,10,13H,4-6,8-9,11-12H2,1-3H3. The van der Waals surface area contributed by atoms with Crippen molar-refractivity contribution in [2.75, 3.05) is 33.7 Å². The van der Waals surface area contributed by atoms with Gasteiger partial charge in [-0.25, -0.2) is 4.98 Å². The van der Waals surface area contributed by atoms with E-state index >= 15 is 0 Å². The Bertz CT molecular complexity index is 358. The Labute approximate surface area is 111 Å². The van der Waals surface area contributed by atoms with E-state index in [2.05, 4.69) is 40.5 Å². The molecule has 0 spiro atoms. The van der Waals surface area contributed by atoms with Crippen molar-refractivity contribution in [1.29, 1.82) is 0 Å². The summed E-state index contributed by atoms with van der Waals surface area (Å²) in [5, 5.41) is 0. The quantitative estimate of drug-likeness (QED) is 0.793. The number of rotatable bonds is 5. The summed E-state index contributed by atoms with van der Waals surface area (Å²) >= 11 is 0. The molecule has 0 N–H and O–H groups in total. The van der Waals surface area contributed by atoms with Crippen molar-refractivity contribution in [3.05, 3.63) is 18.2 Å². The number of nitrogens with zero attached hydrogens (tertiary/aromatic N) is 4. The van der Waals surface area contributed by atoms with Crippen LogP contribution in [-0.4, -0.2) is 53.1 Å². The molecule has 0 aromatic carbocycles. The van der Waals surface area contributed by atoms with Gasteiger partial charge in [-0.3, -0.25) is 4.90 Å². The van der Waals surface area contributed by atoms with Gasteiger partial charge in [0.1, 0.15) is 5.82 Å². The smallest absolute Gasteiger partial charge is 0.122 e. The molecule has 1 fully saturated rings. The summed E-state index contributed by atoms with van der Waals surface area (Å²) in [5.74, 6) is 2.05. The van der Waals surface area contributed by atoms with Gasteiger partial charge in [-0.1, -0.05) is 0 Å². The minimum atomic E-state index is 0.862. The van der Waals surface area contributed by atoms with Crippen molar-refractivity contribution in [3.63, 3.8) is 0 Å². The zero-order chi connectivity index (χ0) is 13.0. The molecule has 2 heterocycles. The maximum atomic E-state index is 4.42. The SMILES string of the molecule is CN(C)CCC1CCCN(Cc2nccn2C)C1. The highest BCUT2D eigenvalue weighted by molar-refractivity contribution is 4.91. The molecular formula is C14H26N4. The summed E-state index contributed by atoms with van der Waals surface area (Å²) in [6.07, 6.45) is 7.98. The summed E-state index contributed by atoms with van der Waals surface area (Å²) in [7, 11) is 6.40. The molecule has 4 nitrogen and oxygen atoms in total. The highest BCUT2D eigenvalue weighted by Crippen LogP contribution is 2.20. The van der Waals surface area contributed by atoms with E-state index in [1.165, 1.54) is 44.7 Å². The van der Waals surface area contributed by atoms with E-state index in [1.54, 1.807) is 0 Å². The topological polar surface area (TPSA) is 24.3 Å². The van der Waals surface area contributed by atoms with Crippen molar-refractivity contribution >= 4 is 0 Å². The van der Waals surface area contributed by atoms with Gasteiger partial charge in [0.15, 0.2) is 0 Å². The number of imidazole rings is 1. The lowest BCUT2D eigenvalue weighted by molar-refractivity contribution is 0.150. The molecule has 0 saturated carbocycles. The third kappa shape index (κ3) is 3.82. The van der Waals surface area contributed by atoms with Crippen LogP contribution in [0.15, 0.2) is 12.4 Å². The Kier molecular flexibility index (Phi) is 4.78. The number of likely N-dealkylation sites (tertiary alicyclic amines) is 1. The molecule has 18 heavy (non-hydrogen) atoms. The van der Waals surface area contributed by atoms with Crippen LogP contribution in [-0.2, 0) is 13.6 Å². The van der Waals surface area contributed by atoms with Gasteiger partial charge < -0.3 is 9.47 Å². The van der Waals surface area contributed by atoms with Gasteiger partial charge in [-0.15, -0.1) is 0 Å². The fraction of sp³-hybridized carbons (Fsp3) is 0.786. The van der Waals surface area contributed by atoms with E-state index in [-0.39, 0.29) is 0 Å². The van der Waals surface area contributed by atoms with Crippen LogP contribution in [0.4, 0.5) is 0 Å². The maximum absolute atomic E-state index is 4.42. The van der Waals surface area contributed by atoms with Gasteiger partial charge >= 0.3 is 0 Å². The van der Waals surface area contributed by atoms with Crippen molar-refractivity contribution in [2.24, 2.45) is 13.0 Å². The number of piperidine rings is 1. The highest BCUT2D eigenvalue weighted by atomic mass is 15.2. The minimum Gasteiger partial charge on any atom is -0.337 e. The van der Waals surface area contributed by atoms with Crippen LogP contribution in [0.1, 0.15) is 25.1 Å². The normalized spacial score (nSPS) is 21.7. The monoisotopic (exact) mass is 250 g/mol. The molecule has 1 atom stereocenters. The van der Waals surface area contributed by atoms with Crippen LogP contribution in [0.25, 0.3) is 0 Å². The second kappa shape index (κ2) is 6.34. The van der Waals surface area contributed by atoms with Crippen LogP contribution in [0.2, 0.25) is 0 Å². The first-order chi connectivity index (χ1) is 8.65. The zero-order valence-corrected chi connectivity index (χ0v) is 12.0. The van der Waals surface area contributed by atoms with Crippen LogP contribution in [0.5, 0.6) is 0 Å². The van der Waals surface area contributed by atoms with Crippen LogP contribution in [0, 0.1) is 5.92 Å². The Hall–Kier alpha value is -0.870. The molecular weight excluding hydrogens is 224 g/mol. The van der Waals surface area contributed by atoms with Crippen molar-refractivity contribution < 1.29 is 0 Å². The molecule has 0 bridgehead atoms. The third-order valence-electron chi connectivity index (χ3n) is 3.87. The summed E-state index contributed by atoms with van der Waals surface area (Å²) in [6.45, 7) is 4.68. The molecule has 1 aromatic heterocycles. The van der Waals surface area contributed by atoms with E-state index in [0.717, 1.165) is 12.5 Å². The van der Waals surface area contributed by atoms with Gasteiger partial charge in [0.05, 0.1) is 6.54 Å². The molecule has 102 valence electrons. The average molecular weight is 250 g/mol. The molecule has 1 aromatic rings. The van der Waals surface area contributed by atoms with Crippen molar-refractivity contribution in [2.45, 2.75) is 25.8 Å². The summed E-state index contributed by atoms with van der Waals surface area (Å²) in [4.78, 5) is 9.27. The number of hydrogen-bond donors (Lipinski definition) is 0. The summed E-state index contributed by atoms with van der Waals surface area (Å²) < 4.78 is 2.13. The van der Waals surface area contributed by atoms with E-state index in [1.807, 2.05) is 12.4 Å². The van der Waals surface area contributed by atoms with Crippen LogP contribution >= 0.6 is 0 Å². The Morgan fingerprint density at radius 2 is 2.28 bits per heavy atom. The number of hydrogen-bond acceptors (Lipinski definition) is 3. The molecule has 1 unspecified atom stereocenters. The maximum Gasteiger partial charge on any atom is 0.122 e. The van der Waals surface area contributed by atoms with Gasteiger partial charge in [-0.05, 0) is 52.4 Å². The number of aromatic nitrogens is 2. The minimum absolute atomic E-state index is 0.862. The lowest BCUT2D eigenvalue weighted by Crippen LogP contribution is -2.36. The van der Waals surface area contributed by atoms with E-state index in [4.69, 9.17) is 0 Å². The highest BCUT2D eigenvalue weighted by Gasteiger charge is 2.20. The third-order valence-corrected chi connectivity index (χ3v) is 3.87. The van der Waals surface area contributed by atoms with Crippen LogP contribution in [0.3, 0.4) is 0 Å². The second-order valence-corrected chi connectivity index (χ2v) is 5.79. The van der Waals surface area contributed by atoms with E-state index in [0.29, 0.717) is 0 Å². The molecule has 0 radical (unpaired) electrons. The molecule has 1 aliphatic rings. The fourth-order valence-corrected chi connectivity index (χ4v) is 2.72. The first-order valence-corrected chi connectivity index (χ1v) is 6.98. The van der Waals surface area contributed by atoms with Gasteiger partial charge in [0.25, 0.3) is 0 Å². The predicted molar refractivity (Wildman–Crippen MR) is 74.4 cm³/mol. The molecule has 0 aliphatic carbocycles. The molecule has 1 aliphatic heterocycles. The second-order valence-electron chi connectivity index (χ2n) is 5.79. The Morgan fingerprint density at radius 3 is 2.94 bits per heavy atom. The largest absolute Gasteiger partial charge is 0.337 e. The zero-order valence-electron chi connectivity index (χ0n) is 12.0. The lowest BCUT2D eigenvalue weighted by Gasteiger charge is -2.33. The predicted octanol–water partition coefficient (Wildman–Crippen LogP) is 1.58. The van der Waals surface area contributed by atoms with E-state index < -0.39 is 0 Å². The Morgan fingerprint density at radius 1 is 1.44 bits per heavy atom. The average Bonchev–Trinajstić information content (AvgIpc) is 2.73. The van der Waals surface area contributed by atoms with Crippen molar-refractivity contribution in [3.8, 4) is 0 Å². The number of aryl methyl sites for hydroxylation is 1. The lowest BCUT2D eigenvalue weighted by atomic mass is 9.94. The molecule has 1 saturated heterocycles. The summed E-state index contributed by atoms with van der Waals surface area (Å²) in [5.41, 5.74) is 0. The van der Waals surface area contributed by atoms with Gasteiger partial charge in [0, 0.05) is 26.0 Å². The Balaban J connectivity index is 1.81. The molecule has 0 amide bonds. The van der Waals surface area contributed by atoms with Crippen molar-refractivity contribution in [1.82, 2.24) is 19.4 Å². The van der Waals surface area contributed by atoms with Gasteiger partial charge in [0.2, 0.25) is 0 Å². The molecule has 2 rings (SSSR count). The van der Waals surface area contributed by atoms with Gasteiger partial charge in [-0.2, -0.15) is 0 Å². The summed E-state index contributed by atoms with van der Waals surface area (Å²) in [6, 6.07) is 0. The first kappa shape index (κ1) is 13.6. The fourth-order valence-electron chi connectivity index (χ4n) is 2.72. The van der Waals surface area contributed by atoms with E-state index in [9.17, 15) is 0 Å². The van der Waals surface area contributed by atoms with Crippen LogP contribution < -0.4 is 0 Å². The first-order valence-electron chi connectivity index (χ1n) is 6.98. The molecule has 4 heteroatoms.